The Balaban J connectivity index is 2.72. The topological polar surface area (TPSA) is 37.3 Å². The van der Waals surface area contributed by atoms with Crippen molar-refractivity contribution < 1.29 is 9.90 Å². The molecule has 0 aromatic rings. The lowest BCUT2D eigenvalue weighted by atomic mass is 9.77. The minimum absolute atomic E-state index is 0.540. The van der Waals surface area contributed by atoms with Crippen molar-refractivity contribution in [2.45, 2.75) is 44.9 Å². The van der Waals surface area contributed by atoms with E-state index in [1.54, 1.807) is 6.08 Å². The van der Waals surface area contributed by atoms with Crippen molar-refractivity contribution in [1.29, 1.82) is 0 Å². The van der Waals surface area contributed by atoms with Gasteiger partial charge in [-0.1, -0.05) is 43.4 Å². The van der Waals surface area contributed by atoms with E-state index in [1.807, 2.05) is 0 Å². The van der Waals surface area contributed by atoms with Crippen molar-refractivity contribution in [2.24, 2.45) is 5.41 Å². The Bertz CT molecular complexity index is 215. The third-order valence-electron chi connectivity index (χ3n) is 3.11. The Labute approximate surface area is 90.0 Å². The third-order valence-corrected chi connectivity index (χ3v) is 3.29. The molecule has 1 saturated carbocycles. The first-order valence-corrected chi connectivity index (χ1v) is 5.63. The van der Waals surface area contributed by atoms with Gasteiger partial charge in [-0.15, -0.1) is 0 Å². The van der Waals surface area contributed by atoms with E-state index in [0.717, 1.165) is 25.7 Å². The van der Waals surface area contributed by atoms with Gasteiger partial charge in [0.1, 0.15) is 0 Å². The molecule has 1 N–H and O–H groups in total. The molecule has 1 fully saturated rings. The zero-order chi connectivity index (χ0) is 10.4. The number of rotatable bonds is 3. The van der Waals surface area contributed by atoms with Crippen molar-refractivity contribution >= 4 is 17.6 Å². The van der Waals surface area contributed by atoms with Gasteiger partial charge in [-0.3, -0.25) is 4.79 Å². The molecule has 80 valence electrons. The van der Waals surface area contributed by atoms with Gasteiger partial charge in [0.05, 0.1) is 5.41 Å². The Morgan fingerprint density at radius 3 is 2.29 bits per heavy atom. The number of allylic oxidation sites excluding steroid dienone is 1. The van der Waals surface area contributed by atoms with Crippen molar-refractivity contribution in [3.8, 4) is 0 Å². The number of carboxylic acid groups (broad SMARTS) is 1. The van der Waals surface area contributed by atoms with Gasteiger partial charge in [0.15, 0.2) is 0 Å². The fourth-order valence-corrected chi connectivity index (χ4v) is 2.27. The number of hydrogen-bond acceptors (Lipinski definition) is 1. The lowest BCUT2D eigenvalue weighted by molar-refractivity contribution is -0.149. The summed E-state index contributed by atoms with van der Waals surface area (Å²) in [7, 11) is 0. The summed E-state index contributed by atoms with van der Waals surface area (Å²) in [6.07, 6.45) is 8.32. The molecule has 0 saturated heterocycles. The van der Waals surface area contributed by atoms with Crippen LogP contribution in [-0.2, 0) is 4.79 Å². The lowest BCUT2D eigenvalue weighted by Gasteiger charge is -2.26. The summed E-state index contributed by atoms with van der Waals surface area (Å²) in [6.45, 7) is 0. The van der Waals surface area contributed by atoms with Crippen LogP contribution in [0.1, 0.15) is 44.9 Å². The van der Waals surface area contributed by atoms with Crippen LogP contribution in [0.4, 0.5) is 0 Å². The van der Waals surface area contributed by atoms with Gasteiger partial charge < -0.3 is 5.11 Å². The van der Waals surface area contributed by atoms with Crippen molar-refractivity contribution in [2.75, 3.05) is 0 Å². The number of halogens is 1. The van der Waals surface area contributed by atoms with E-state index in [2.05, 4.69) is 0 Å². The Morgan fingerprint density at radius 2 is 1.86 bits per heavy atom. The second kappa shape index (κ2) is 5.40. The summed E-state index contributed by atoms with van der Waals surface area (Å²) in [6, 6.07) is 0. The molecule has 3 heteroatoms. The Kier molecular flexibility index (Phi) is 4.46. The average Bonchev–Trinajstić information content (AvgIpc) is 2.41. The van der Waals surface area contributed by atoms with Crippen LogP contribution in [0.15, 0.2) is 11.6 Å². The average molecular weight is 217 g/mol. The molecule has 1 aliphatic rings. The zero-order valence-electron chi connectivity index (χ0n) is 8.34. The van der Waals surface area contributed by atoms with E-state index < -0.39 is 11.4 Å². The highest BCUT2D eigenvalue weighted by molar-refractivity contribution is 6.25. The van der Waals surface area contributed by atoms with E-state index in [9.17, 15) is 9.90 Å². The van der Waals surface area contributed by atoms with Crippen molar-refractivity contribution in [1.82, 2.24) is 0 Å². The van der Waals surface area contributed by atoms with Crippen LogP contribution in [0, 0.1) is 5.41 Å². The Morgan fingerprint density at radius 1 is 1.29 bits per heavy atom. The highest BCUT2D eigenvalue weighted by Gasteiger charge is 2.37. The molecule has 0 unspecified atom stereocenters. The molecule has 0 bridgehead atoms. The van der Waals surface area contributed by atoms with Crippen molar-refractivity contribution in [3.05, 3.63) is 11.6 Å². The lowest BCUT2D eigenvalue weighted by Crippen LogP contribution is -2.29. The molecule has 0 radical (unpaired) electrons. The molecule has 0 heterocycles. The number of carboxylic acids is 1. The zero-order valence-corrected chi connectivity index (χ0v) is 9.09. The van der Waals surface area contributed by atoms with Crippen LogP contribution in [0.25, 0.3) is 0 Å². The molecule has 0 aromatic carbocycles. The SMILES string of the molecule is O=C(O)C1(C/C=C/Cl)CCCCCC1. The first kappa shape index (κ1) is 11.6. The second-order valence-electron chi connectivity index (χ2n) is 4.07. The quantitative estimate of drug-likeness (QED) is 0.733. The number of carbonyl (C=O) groups is 1. The van der Waals surface area contributed by atoms with Crippen molar-refractivity contribution in [3.63, 3.8) is 0 Å². The van der Waals surface area contributed by atoms with Gasteiger partial charge in [0.2, 0.25) is 0 Å². The van der Waals surface area contributed by atoms with Gasteiger partial charge in [0.25, 0.3) is 0 Å². The molecule has 2 nitrogen and oxygen atoms in total. The minimum atomic E-state index is -0.658. The van der Waals surface area contributed by atoms with Crippen LogP contribution in [0.2, 0.25) is 0 Å². The van der Waals surface area contributed by atoms with E-state index in [0.29, 0.717) is 6.42 Å². The smallest absolute Gasteiger partial charge is 0.309 e. The van der Waals surface area contributed by atoms with Crippen LogP contribution in [0.5, 0.6) is 0 Å². The summed E-state index contributed by atoms with van der Waals surface area (Å²) in [5.41, 5.74) is 0.886. The molecule has 1 rings (SSSR count). The molecule has 14 heavy (non-hydrogen) atoms. The molecular formula is C11H17ClO2. The van der Waals surface area contributed by atoms with Crippen LogP contribution in [0.3, 0.4) is 0 Å². The maximum absolute atomic E-state index is 11.3. The van der Waals surface area contributed by atoms with Crippen LogP contribution >= 0.6 is 11.6 Å². The molecule has 0 amide bonds. The second-order valence-corrected chi connectivity index (χ2v) is 4.32. The maximum atomic E-state index is 11.3. The van der Waals surface area contributed by atoms with E-state index in [1.165, 1.54) is 18.4 Å². The van der Waals surface area contributed by atoms with Gasteiger partial charge in [-0.25, -0.2) is 0 Å². The largest absolute Gasteiger partial charge is 0.481 e. The van der Waals surface area contributed by atoms with Gasteiger partial charge in [-0.05, 0) is 19.3 Å². The van der Waals surface area contributed by atoms with Crippen LogP contribution < -0.4 is 0 Å². The summed E-state index contributed by atoms with van der Waals surface area (Å²) in [4.78, 5) is 11.3. The molecule has 1 aliphatic carbocycles. The maximum Gasteiger partial charge on any atom is 0.309 e. The summed E-state index contributed by atoms with van der Waals surface area (Å²) in [5.74, 6) is -0.658. The standard InChI is InChI=1S/C11H17ClO2/c12-9-5-8-11(10(13)14)6-3-1-2-4-7-11/h5,9H,1-4,6-8H2,(H,13,14)/b9-5+. The fourth-order valence-electron chi connectivity index (χ4n) is 2.18. The molecule has 0 spiro atoms. The van der Waals surface area contributed by atoms with E-state index in [-0.39, 0.29) is 0 Å². The summed E-state index contributed by atoms with van der Waals surface area (Å²) in [5, 5.41) is 9.26. The number of hydrogen-bond donors (Lipinski definition) is 1. The highest BCUT2D eigenvalue weighted by atomic mass is 35.5. The minimum Gasteiger partial charge on any atom is -0.481 e. The molecule has 0 atom stereocenters. The molecule has 0 aromatic heterocycles. The predicted octanol–water partition coefficient (Wildman–Crippen LogP) is 3.55. The molecule has 0 aliphatic heterocycles. The van der Waals surface area contributed by atoms with E-state index in [4.69, 9.17) is 11.6 Å². The van der Waals surface area contributed by atoms with Gasteiger partial charge in [0, 0.05) is 5.54 Å². The normalized spacial score (nSPS) is 22.1. The predicted molar refractivity (Wildman–Crippen MR) is 57.4 cm³/mol. The van der Waals surface area contributed by atoms with E-state index >= 15 is 0 Å². The van der Waals surface area contributed by atoms with Gasteiger partial charge in [-0.2, -0.15) is 0 Å². The first-order valence-electron chi connectivity index (χ1n) is 5.20. The van der Waals surface area contributed by atoms with Crippen LogP contribution in [-0.4, -0.2) is 11.1 Å². The monoisotopic (exact) mass is 216 g/mol. The third kappa shape index (κ3) is 2.74. The summed E-state index contributed by atoms with van der Waals surface area (Å²) >= 11 is 5.45. The molecular weight excluding hydrogens is 200 g/mol. The van der Waals surface area contributed by atoms with Gasteiger partial charge >= 0.3 is 5.97 Å². The first-order chi connectivity index (χ1) is 6.71. The highest BCUT2D eigenvalue weighted by Crippen LogP contribution is 2.38. The summed E-state index contributed by atoms with van der Waals surface area (Å²) < 4.78 is 0. The Hall–Kier alpha value is -0.500. The number of aliphatic carboxylic acids is 1. The fraction of sp³-hybridized carbons (Fsp3) is 0.727.